The molecule has 1 saturated carbocycles. The molecule has 1 unspecified atom stereocenters. The zero-order valence-corrected chi connectivity index (χ0v) is 16.8. The van der Waals surface area contributed by atoms with Crippen LogP contribution in [0.4, 0.5) is 4.39 Å². The van der Waals surface area contributed by atoms with E-state index in [9.17, 15) is 9.18 Å². The van der Waals surface area contributed by atoms with E-state index in [1.54, 1.807) is 13.0 Å². The topological polar surface area (TPSA) is 26.3 Å². The van der Waals surface area contributed by atoms with Gasteiger partial charge in [0.15, 0.2) is 0 Å². The van der Waals surface area contributed by atoms with Crippen LogP contribution in [0.15, 0.2) is 36.4 Å². The Morgan fingerprint density at radius 3 is 2.46 bits per heavy atom. The maximum Gasteiger partial charge on any atom is 0.341 e. The van der Waals surface area contributed by atoms with Gasteiger partial charge in [-0.25, -0.2) is 9.18 Å². The molecular weight excluding hydrogens is 351 g/mol. The van der Waals surface area contributed by atoms with Crippen LogP contribution in [0.3, 0.4) is 0 Å². The average Bonchev–Trinajstić information content (AvgIpc) is 2.70. The quantitative estimate of drug-likeness (QED) is 0.595. The third-order valence-electron chi connectivity index (χ3n) is 6.57. The summed E-state index contributed by atoms with van der Waals surface area (Å²) in [4.78, 5) is 12.3. The van der Waals surface area contributed by atoms with E-state index in [2.05, 4.69) is 31.2 Å². The number of esters is 1. The Kier molecular flexibility index (Phi) is 5.52. The summed E-state index contributed by atoms with van der Waals surface area (Å²) in [6.45, 7) is 4.03. The lowest BCUT2D eigenvalue weighted by atomic mass is 9.79. The highest BCUT2D eigenvalue weighted by Gasteiger charge is 2.29. The molecule has 148 valence electrons. The number of halogens is 1. The molecule has 28 heavy (non-hydrogen) atoms. The van der Waals surface area contributed by atoms with Crippen LogP contribution in [-0.4, -0.2) is 12.1 Å². The van der Waals surface area contributed by atoms with Gasteiger partial charge in [0.1, 0.15) is 11.9 Å². The second kappa shape index (κ2) is 8.06. The molecule has 2 aromatic carbocycles. The molecule has 0 N–H and O–H groups in total. The number of hydrogen-bond donors (Lipinski definition) is 0. The highest BCUT2D eigenvalue weighted by Crippen LogP contribution is 2.35. The monoisotopic (exact) mass is 380 g/mol. The molecule has 1 heterocycles. The van der Waals surface area contributed by atoms with Gasteiger partial charge in [0.2, 0.25) is 0 Å². The molecule has 0 radical (unpaired) electrons. The van der Waals surface area contributed by atoms with Crippen molar-refractivity contribution in [3.8, 4) is 0 Å². The van der Waals surface area contributed by atoms with Gasteiger partial charge in [0.05, 0.1) is 5.56 Å². The molecule has 0 saturated heterocycles. The van der Waals surface area contributed by atoms with Gasteiger partial charge in [-0.2, -0.15) is 0 Å². The highest BCUT2D eigenvalue weighted by atomic mass is 19.1. The molecule has 1 aliphatic heterocycles. The van der Waals surface area contributed by atoms with E-state index in [1.807, 2.05) is 6.07 Å². The Morgan fingerprint density at radius 1 is 1.04 bits per heavy atom. The van der Waals surface area contributed by atoms with Crippen LogP contribution in [0.25, 0.3) is 0 Å². The van der Waals surface area contributed by atoms with Crippen LogP contribution in [0.1, 0.15) is 77.6 Å². The largest absolute Gasteiger partial charge is 0.458 e. The fourth-order valence-corrected chi connectivity index (χ4v) is 4.65. The summed E-state index contributed by atoms with van der Waals surface area (Å²) < 4.78 is 19.7. The van der Waals surface area contributed by atoms with Crippen molar-refractivity contribution < 1.29 is 13.9 Å². The summed E-state index contributed by atoms with van der Waals surface area (Å²) >= 11 is 0. The van der Waals surface area contributed by atoms with Crippen LogP contribution < -0.4 is 0 Å². The van der Waals surface area contributed by atoms with Crippen molar-refractivity contribution in [3.05, 3.63) is 70.0 Å². The average molecular weight is 381 g/mol. The Labute approximate surface area is 167 Å². The second-order valence-electron chi connectivity index (χ2n) is 8.70. The number of fused-ring (bicyclic) bond motifs is 1. The first-order valence-electron chi connectivity index (χ1n) is 10.6. The van der Waals surface area contributed by atoms with Crippen molar-refractivity contribution in [1.29, 1.82) is 0 Å². The van der Waals surface area contributed by atoms with E-state index in [0.29, 0.717) is 17.9 Å². The third kappa shape index (κ3) is 3.99. The molecular formula is C25H29FO2. The predicted molar refractivity (Wildman–Crippen MR) is 109 cm³/mol. The van der Waals surface area contributed by atoms with Crippen molar-refractivity contribution in [1.82, 2.24) is 0 Å². The number of aryl methyl sites for hydroxylation is 2. The SMILES string of the molecule is Cc1ccc2c(c1F)C(=O)OC(CCc1ccc(C3CCC(C)CC3)cc1)C2. The number of ether oxygens (including phenoxy) is 1. The summed E-state index contributed by atoms with van der Waals surface area (Å²) in [5.41, 5.74) is 4.11. The summed E-state index contributed by atoms with van der Waals surface area (Å²) in [5.74, 6) is 0.624. The van der Waals surface area contributed by atoms with Crippen LogP contribution >= 0.6 is 0 Å². The van der Waals surface area contributed by atoms with Gasteiger partial charge in [0, 0.05) is 6.42 Å². The van der Waals surface area contributed by atoms with E-state index < -0.39 is 11.8 Å². The normalized spacial score (nSPS) is 24.5. The number of rotatable bonds is 4. The lowest BCUT2D eigenvalue weighted by molar-refractivity contribution is 0.0231. The van der Waals surface area contributed by atoms with Crippen molar-refractivity contribution in [2.24, 2.45) is 5.92 Å². The molecule has 1 aliphatic carbocycles. The molecule has 2 aliphatic rings. The van der Waals surface area contributed by atoms with E-state index in [-0.39, 0.29) is 11.7 Å². The molecule has 2 aromatic rings. The number of carbonyl (C=O) groups excluding carboxylic acids is 1. The Morgan fingerprint density at radius 2 is 1.75 bits per heavy atom. The first kappa shape index (κ1) is 19.2. The standard InChI is InChI=1S/C25H29FO2/c1-16-3-9-19(10-4-16)20-12-6-18(7-13-20)8-14-22-15-21-11-5-17(2)24(26)23(21)25(27)28-22/h5-7,11-13,16,19,22H,3-4,8-10,14-15H2,1-2H3. The molecule has 2 nitrogen and oxygen atoms in total. The van der Waals surface area contributed by atoms with Crippen LogP contribution in [0.5, 0.6) is 0 Å². The number of hydrogen-bond acceptors (Lipinski definition) is 2. The fraction of sp³-hybridized carbons (Fsp3) is 0.480. The first-order chi connectivity index (χ1) is 13.5. The van der Waals surface area contributed by atoms with Gasteiger partial charge in [-0.15, -0.1) is 0 Å². The lowest BCUT2D eigenvalue weighted by Gasteiger charge is -2.27. The van der Waals surface area contributed by atoms with E-state index in [4.69, 9.17) is 4.74 Å². The summed E-state index contributed by atoms with van der Waals surface area (Å²) in [6, 6.07) is 12.6. The van der Waals surface area contributed by atoms with Crippen molar-refractivity contribution in [2.45, 2.75) is 70.8 Å². The summed E-state index contributed by atoms with van der Waals surface area (Å²) in [7, 11) is 0. The molecule has 1 fully saturated rings. The first-order valence-corrected chi connectivity index (χ1v) is 10.6. The van der Waals surface area contributed by atoms with Gasteiger partial charge in [-0.3, -0.25) is 0 Å². The van der Waals surface area contributed by atoms with Gasteiger partial charge in [-0.05, 0) is 66.7 Å². The molecule has 1 atom stereocenters. The lowest BCUT2D eigenvalue weighted by Crippen LogP contribution is -2.29. The minimum atomic E-state index is -0.519. The Hall–Kier alpha value is -2.16. The Bertz CT molecular complexity index is 848. The zero-order valence-electron chi connectivity index (χ0n) is 16.8. The number of carbonyl (C=O) groups is 1. The summed E-state index contributed by atoms with van der Waals surface area (Å²) in [6.07, 6.45) is 7.31. The van der Waals surface area contributed by atoms with Crippen LogP contribution in [0.2, 0.25) is 0 Å². The van der Waals surface area contributed by atoms with Crippen LogP contribution in [-0.2, 0) is 17.6 Å². The minimum absolute atomic E-state index is 0.127. The van der Waals surface area contributed by atoms with Gasteiger partial charge in [-0.1, -0.05) is 56.2 Å². The summed E-state index contributed by atoms with van der Waals surface area (Å²) in [5, 5.41) is 0. The van der Waals surface area contributed by atoms with Crippen molar-refractivity contribution >= 4 is 5.97 Å². The van der Waals surface area contributed by atoms with Gasteiger partial charge in [0.25, 0.3) is 0 Å². The Balaban J connectivity index is 1.36. The molecule has 0 aromatic heterocycles. The smallest absolute Gasteiger partial charge is 0.341 e. The molecule has 0 amide bonds. The fourth-order valence-electron chi connectivity index (χ4n) is 4.65. The van der Waals surface area contributed by atoms with Gasteiger partial charge >= 0.3 is 5.97 Å². The maximum absolute atomic E-state index is 14.2. The number of benzene rings is 2. The minimum Gasteiger partial charge on any atom is -0.458 e. The third-order valence-corrected chi connectivity index (χ3v) is 6.57. The molecule has 4 rings (SSSR count). The van der Waals surface area contributed by atoms with E-state index in [1.165, 1.54) is 36.8 Å². The number of cyclic esters (lactones) is 1. The second-order valence-corrected chi connectivity index (χ2v) is 8.70. The molecule has 0 spiro atoms. The predicted octanol–water partition coefficient (Wildman–Crippen LogP) is 6.14. The van der Waals surface area contributed by atoms with E-state index in [0.717, 1.165) is 24.3 Å². The zero-order chi connectivity index (χ0) is 19.7. The maximum atomic E-state index is 14.2. The van der Waals surface area contributed by atoms with Crippen molar-refractivity contribution in [2.75, 3.05) is 0 Å². The highest BCUT2D eigenvalue weighted by molar-refractivity contribution is 5.92. The molecule has 3 heteroatoms. The van der Waals surface area contributed by atoms with E-state index >= 15 is 0 Å². The van der Waals surface area contributed by atoms with Crippen LogP contribution in [0, 0.1) is 18.7 Å². The van der Waals surface area contributed by atoms with Crippen molar-refractivity contribution in [3.63, 3.8) is 0 Å². The van der Waals surface area contributed by atoms with Gasteiger partial charge < -0.3 is 4.74 Å². The molecule has 0 bridgehead atoms.